The standard InChI is InChI=1S/C25H35N3O3/c1-4-26-25(27-15-20-8-10-21(11-9-20)17-29-3)28-16-22-12-7-19(2)14-24(22)31-18-23-6-5-13-30-23/h7-12,14,23H,4-6,13,15-18H2,1-3H3,(H2,26,27,28). The molecule has 168 valence electrons. The van der Waals surface area contributed by atoms with Gasteiger partial charge in [-0.3, -0.25) is 0 Å². The molecule has 0 aromatic heterocycles. The molecule has 6 nitrogen and oxygen atoms in total. The lowest BCUT2D eigenvalue weighted by atomic mass is 10.1. The highest BCUT2D eigenvalue weighted by Gasteiger charge is 2.17. The molecular formula is C25H35N3O3. The topological polar surface area (TPSA) is 64.1 Å². The number of hydrogen-bond donors (Lipinski definition) is 2. The first-order valence-corrected chi connectivity index (χ1v) is 11.1. The molecule has 1 unspecified atom stereocenters. The highest BCUT2D eigenvalue weighted by Crippen LogP contribution is 2.22. The van der Waals surface area contributed by atoms with Crippen molar-refractivity contribution in [2.75, 3.05) is 26.9 Å². The van der Waals surface area contributed by atoms with Gasteiger partial charge in [-0.05, 0) is 49.4 Å². The molecule has 0 saturated carbocycles. The van der Waals surface area contributed by atoms with E-state index >= 15 is 0 Å². The Bertz CT molecular complexity index is 830. The van der Waals surface area contributed by atoms with Gasteiger partial charge in [0, 0.05) is 32.4 Å². The number of aryl methyl sites for hydroxylation is 1. The van der Waals surface area contributed by atoms with Crippen LogP contribution in [0.3, 0.4) is 0 Å². The number of methoxy groups -OCH3 is 1. The number of nitrogens with one attached hydrogen (secondary N) is 2. The molecule has 3 rings (SSSR count). The quantitative estimate of drug-likeness (QED) is 0.446. The first kappa shape index (κ1) is 23.1. The first-order chi connectivity index (χ1) is 15.2. The van der Waals surface area contributed by atoms with Crippen molar-refractivity contribution in [2.24, 2.45) is 4.99 Å². The second-order valence-corrected chi connectivity index (χ2v) is 7.86. The van der Waals surface area contributed by atoms with Crippen LogP contribution in [0, 0.1) is 6.92 Å². The van der Waals surface area contributed by atoms with E-state index in [-0.39, 0.29) is 6.10 Å². The molecule has 2 N–H and O–H groups in total. The van der Waals surface area contributed by atoms with E-state index in [0.717, 1.165) is 54.4 Å². The lowest BCUT2D eigenvalue weighted by molar-refractivity contribution is 0.0676. The molecule has 1 aliphatic rings. The van der Waals surface area contributed by atoms with Crippen LogP contribution in [0.1, 0.15) is 42.0 Å². The highest BCUT2D eigenvalue weighted by atomic mass is 16.5. The SMILES string of the molecule is CCNC(=NCc1ccc(COC)cc1)NCc1ccc(C)cc1OCC1CCCO1. The van der Waals surface area contributed by atoms with Crippen LogP contribution < -0.4 is 15.4 Å². The summed E-state index contributed by atoms with van der Waals surface area (Å²) in [6.07, 6.45) is 2.40. The summed E-state index contributed by atoms with van der Waals surface area (Å²) in [4.78, 5) is 4.73. The van der Waals surface area contributed by atoms with E-state index in [0.29, 0.717) is 26.3 Å². The second-order valence-electron chi connectivity index (χ2n) is 7.86. The van der Waals surface area contributed by atoms with Gasteiger partial charge in [0.25, 0.3) is 0 Å². The maximum absolute atomic E-state index is 6.12. The molecule has 1 atom stereocenters. The summed E-state index contributed by atoms with van der Waals surface area (Å²) < 4.78 is 17.0. The van der Waals surface area contributed by atoms with E-state index < -0.39 is 0 Å². The Morgan fingerprint density at radius 2 is 1.94 bits per heavy atom. The summed E-state index contributed by atoms with van der Waals surface area (Å²) in [6.45, 7) is 8.27. The fourth-order valence-corrected chi connectivity index (χ4v) is 3.50. The van der Waals surface area contributed by atoms with Gasteiger partial charge in [-0.15, -0.1) is 0 Å². The number of ether oxygens (including phenoxy) is 3. The van der Waals surface area contributed by atoms with Gasteiger partial charge in [-0.25, -0.2) is 4.99 Å². The molecule has 0 amide bonds. The van der Waals surface area contributed by atoms with Gasteiger partial charge in [0.1, 0.15) is 12.4 Å². The van der Waals surface area contributed by atoms with Crippen molar-refractivity contribution in [3.05, 3.63) is 64.7 Å². The van der Waals surface area contributed by atoms with Crippen molar-refractivity contribution in [1.29, 1.82) is 0 Å². The summed E-state index contributed by atoms with van der Waals surface area (Å²) in [5.41, 5.74) is 4.62. The van der Waals surface area contributed by atoms with E-state index in [2.05, 4.69) is 66.9 Å². The molecule has 0 radical (unpaired) electrons. The molecule has 2 aromatic carbocycles. The van der Waals surface area contributed by atoms with Crippen molar-refractivity contribution in [3.63, 3.8) is 0 Å². The molecule has 0 spiro atoms. The number of hydrogen-bond acceptors (Lipinski definition) is 4. The second kappa shape index (κ2) is 12.3. The lowest BCUT2D eigenvalue weighted by Crippen LogP contribution is -2.36. The Morgan fingerprint density at radius 3 is 2.65 bits per heavy atom. The summed E-state index contributed by atoms with van der Waals surface area (Å²) in [6, 6.07) is 14.7. The number of rotatable bonds is 10. The average molecular weight is 426 g/mol. The van der Waals surface area contributed by atoms with Crippen LogP contribution in [-0.4, -0.2) is 38.9 Å². The molecule has 1 fully saturated rings. The summed E-state index contributed by atoms with van der Waals surface area (Å²) in [5, 5.41) is 6.75. The number of benzene rings is 2. The fraction of sp³-hybridized carbons (Fsp3) is 0.480. The van der Waals surface area contributed by atoms with E-state index in [1.54, 1.807) is 7.11 Å². The minimum Gasteiger partial charge on any atom is -0.491 e. The molecule has 0 bridgehead atoms. The van der Waals surface area contributed by atoms with E-state index in [4.69, 9.17) is 19.2 Å². The summed E-state index contributed by atoms with van der Waals surface area (Å²) in [7, 11) is 1.71. The molecule has 1 saturated heterocycles. The Hall–Kier alpha value is -2.57. The van der Waals surface area contributed by atoms with Crippen LogP contribution in [0.25, 0.3) is 0 Å². The minimum absolute atomic E-state index is 0.204. The molecule has 1 heterocycles. The van der Waals surface area contributed by atoms with Gasteiger partial charge in [-0.1, -0.05) is 36.4 Å². The fourth-order valence-electron chi connectivity index (χ4n) is 3.50. The third kappa shape index (κ3) is 7.56. The maximum atomic E-state index is 6.12. The highest BCUT2D eigenvalue weighted by molar-refractivity contribution is 5.79. The lowest BCUT2D eigenvalue weighted by Gasteiger charge is -2.17. The molecule has 0 aliphatic carbocycles. The Labute approximate surface area is 186 Å². The van der Waals surface area contributed by atoms with Crippen molar-refractivity contribution < 1.29 is 14.2 Å². The predicted molar refractivity (Wildman–Crippen MR) is 124 cm³/mol. The van der Waals surface area contributed by atoms with Crippen LogP contribution >= 0.6 is 0 Å². The summed E-state index contributed by atoms with van der Waals surface area (Å²) >= 11 is 0. The normalized spacial score (nSPS) is 16.4. The van der Waals surface area contributed by atoms with Crippen molar-refractivity contribution in [2.45, 2.75) is 52.5 Å². The zero-order chi connectivity index (χ0) is 21.9. The van der Waals surface area contributed by atoms with Gasteiger partial charge in [-0.2, -0.15) is 0 Å². The first-order valence-electron chi connectivity index (χ1n) is 11.1. The third-order valence-corrected chi connectivity index (χ3v) is 5.22. The number of guanidine groups is 1. The largest absolute Gasteiger partial charge is 0.491 e. The van der Waals surface area contributed by atoms with Crippen LogP contribution in [-0.2, 0) is 29.2 Å². The van der Waals surface area contributed by atoms with E-state index in [1.807, 2.05) is 0 Å². The van der Waals surface area contributed by atoms with Gasteiger partial charge >= 0.3 is 0 Å². The van der Waals surface area contributed by atoms with Crippen molar-refractivity contribution >= 4 is 5.96 Å². The van der Waals surface area contributed by atoms with Crippen molar-refractivity contribution in [1.82, 2.24) is 10.6 Å². The summed E-state index contributed by atoms with van der Waals surface area (Å²) in [5.74, 6) is 1.70. The van der Waals surface area contributed by atoms with Gasteiger partial charge in [0.15, 0.2) is 5.96 Å². The molecule has 1 aliphatic heterocycles. The van der Waals surface area contributed by atoms with Gasteiger partial charge in [0.05, 0.1) is 19.3 Å². The van der Waals surface area contributed by atoms with Crippen LogP contribution in [0.15, 0.2) is 47.5 Å². The van der Waals surface area contributed by atoms with E-state index in [1.165, 1.54) is 5.56 Å². The zero-order valence-electron chi connectivity index (χ0n) is 18.9. The van der Waals surface area contributed by atoms with Crippen LogP contribution in [0.2, 0.25) is 0 Å². The van der Waals surface area contributed by atoms with Gasteiger partial charge < -0.3 is 24.8 Å². The Morgan fingerprint density at radius 1 is 1.13 bits per heavy atom. The van der Waals surface area contributed by atoms with Crippen LogP contribution in [0.5, 0.6) is 5.75 Å². The molecule has 2 aromatic rings. The molecule has 31 heavy (non-hydrogen) atoms. The number of aliphatic imine (C=N–C) groups is 1. The minimum atomic E-state index is 0.204. The van der Waals surface area contributed by atoms with Gasteiger partial charge in [0.2, 0.25) is 0 Å². The van der Waals surface area contributed by atoms with Crippen molar-refractivity contribution in [3.8, 4) is 5.75 Å². The molecular weight excluding hydrogens is 390 g/mol. The van der Waals surface area contributed by atoms with Crippen LogP contribution in [0.4, 0.5) is 0 Å². The Balaban J connectivity index is 1.60. The monoisotopic (exact) mass is 425 g/mol. The zero-order valence-corrected chi connectivity index (χ0v) is 18.9. The Kier molecular flexibility index (Phi) is 9.18. The predicted octanol–water partition coefficient (Wildman–Crippen LogP) is 3.95. The number of nitrogens with zero attached hydrogens (tertiary/aromatic N) is 1. The molecule has 6 heteroatoms. The smallest absolute Gasteiger partial charge is 0.191 e. The maximum Gasteiger partial charge on any atom is 0.191 e. The third-order valence-electron chi connectivity index (χ3n) is 5.22. The van der Waals surface area contributed by atoms with E-state index in [9.17, 15) is 0 Å². The average Bonchev–Trinajstić information content (AvgIpc) is 3.30.